The fourth-order valence-electron chi connectivity index (χ4n) is 7.74. The molecule has 324 valence electrons. The van der Waals surface area contributed by atoms with Crippen molar-refractivity contribution in [1.82, 2.24) is 25.2 Å². The molecule has 3 heterocycles. The first-order valence-corrected chi connectivity index (χ1v) is 21.3. The first-order chi connectivity index (χ1) is 27.5. The summed E-state index contributed by atoms with van der Waals surface area (Å²) in [6.45, 7) is 4.80. The molecule has 0 radical (unpaired) electrons. The van der Waals surface area contributed by atoms with Gasteiger partial charge in [0.1, 0.15) is 35.3 Å². The Hall–Kier alpha value is -4.81. The van der Waals surface area contributed by atoms with E-state index in [1.54, 1.807) is 50.2 Å². The zero-order valence-corrected chi connectivity index (χ0v) is 35.0. The highest BCUT2D eigenvalue weighted by atomic mass is 32.2. The van der Waals surface area contributed by atoms with Crippen LogP contribution < -0.4 is 29.7 Å². The van der Waals surface area contributed by atoms with Crippen LogP contribution in [0.25, 0.3) is 10.8 Å². The van der Waals surface area contributed by atoms with Gasteiger partial charge in [0.15, 0.2) is 0 Å². The summed E-state index contributed by atoms with van der Waals surface area (Å²) >= 11 is 0. The van der Waals surface area contributed by atoms with Gasteiger partial charge in [-0.1, -0.05) is 26.0 Å². The second-order valence-corrected chi connectivity index (χ2v) is 19.0. The number of methoxy groups -OCH3 is 1. The molecule has 3 N–H and O–H groups in total. The number of aromatic nitrogens is 1. The molecule has 3 fully saturated rings. The lowest BCUT2D eigenvalue weighted by Crippen LogP contribution is -2.59. The number of amides is 4. The topological polar surface area (TPSA) is 186 Å². The standard InChI is InChI=1S/C40H53F3N6O9S/c1-22-10-8-9-11-25-20-39(25,36(52)47-59(54,55)28-13-14-28)46-33(50)30-19-27(57-34-29-15-12-26(56-7)17-24(29)18-31(44-34)48(5)6)21-49(30)35(51)32(23(2)16-22)45-37(53)58-38(3,4)40(41,42)43/h9,11-12,15,17-18,22-23,25,27-28,30,32H,8,10,13-14,16,19-21H2,1-7H3,(H,45,53)(H,46,50)(H,47,52)/b11-9-/t22-,23+,25+,27+,30-,32-,39+/m0/s1. The summed E-state index contributed by atoms with van der Waals surface area (Å²) in [5.41, 5.74) is -4.52. The lowest BCUT2D eigenvalue weighted by molar-refractivity contribution is -0.244. The highest BCUT2D eigenvalue weighted by molar-refractivity contribution is 7.91. The molecule has 6 rings (SSSR count). The van der Waals surface area contributed by atoms with Gasteiger partial charge in [-0.15, -0.1) is 0 Å². The number of alkyl carbamates (subject to hydrolysis) is 1. The van der Waals surface area contributed by atoms with Gasteiger partial charge in [-0.3, -0.25) is 19.1 Å². The number of allylic oxidation sites excluding steroid dienone is 1. The van der Waals surface area contributed by atoms with Crippen molar-refractivity contribution in [3.63, 3.8) is 0 Å². The number of benzene rings is 1. The van der Waals surface area contributed by atoms with Gasteiger partial charge in [0.25, 0.3) is 5.91 Å². The van der Waals surface area contributed by atoms with Crippen LogP contribution in [0.4, 0.5) is 23.8 Å². The van der Waals surface area contributed by atoms with Crippen LogP contribution in [0.2, 0.25) is 0 Å². The van der Waals surface area contributed by atoms with E-state index in [2.05, 4.69) is 15.4 Å². The molecule has 15 nitrogen and oxygen atoms in total. The van der Waals surface area contributed by atoms with E-state index in [1.165, 1.54) is 12.0 Å². The van der Waals surface area contributed by atoms with Crippen molar-refractivity contribution in [2.75, 3.05) is 32.6 Å². The second kappa shape index (κ2) is 16.3. The number of pyridine rings is 1. The Kier molecular flexibility index (Phi) is 12.1. The second-order valence-electron chi connectivity index (χ2n) is 17.0. The summed E-state index contributed by atoms with van der Waals surface area (Å²) < 4.78 is 86.0. The third-order valence-electron chi connectivity index (χ3n) is 11.6. The van der Waals surface area contributed by atoms with E-state index < -0.39 is 86.4 Å². The zero-order chi connectivity index (χ0) is 43.2. The molecule has 4 amide bonds. The number of nitrogens with zero attached hydrogens (tertiary/aromatic N) is 3. The van der Waals surface area contributed by atoms with Gasteiger partial charge in [0.2, 0.25) is 33.3 Å². The Bertz CT molecular complexity index is 2110. The minimum Gasteiger partial charge on any atom is -0.497 e. The molecule has 1 aromatic carbocycles. The average Bonchev–Trinajstić information content (AvgIpc) is 4.07. The summed E-state index contributed by atoms with van der Waals surface area (Å²) in [6, 6.07) is 4.37. The van der Waals surface area contributed by atoms with Crippen LogP contribution in [0.5, 0.6) is 11.6 Å². The molecule has 0 bridgehead atoms. The van der Waals surface area contributed by atoms with Gasteiger partial charge >= 0.3 is 12.3 Å². The van der Waals surface area contributed by atoms with E-state index in [1.807, 2.05) is 19.1 Å². The van der Waals surface area contributed by atoms with Gasteiger partial charge < -0.3 is 34.6 Å². The van der Waals surface area contributed by atoms with Crippen LogP contribution in [0.1, 0.15) is 72.6 Å². The number of anilines is 1. The highest BCUT2D eigenvalue weighted by Crippen LogP contribution is 2.46. The van der Waals surface area contributed by atoms with Crippen LogP contribution in [0.15, 0.2) is 36.4 Å². The van der Waals surface area contributed by atoms with Crippen LogP contribution in [-0.2, 0) is 29.1 Å². The molecule has 4 aliphatic rings. The molecule has 19 heteroatoms. The van der Waals surface area contributed by atoms with Crippen molar-refractivity contribution in [1.29, 1.82) is 0 Å². The molecule has 59 heavy (non-hydrogen) atoms. The number of sulfonamides is 1. The summed E-state index contributed by atoms with van der Waals surface area (Å²) in [7, 11) is 1.14. The number of fused-ring (bicyclic) bond motifs is 3. The predicted molar refractivity (Wildman–Crippen MR) is 211 cm³/mol. The minimum absolute atomic E-state index is 0.0392. The number of ether oxygens (including phenoxy) is 3. The van der Waals surface area contributed by atoms with E-state index in [0.29, 0.717) is 62.9 Å². The summed E-state index contributed by atoms with van der Waals surface area (Å²) in [5, 5.41) is 5.82. The van der Waals surface area contributed by atoms with Crippen molar-refractivity contribution in [3.8, 4) is 11.6 Å². The Morgan fingerprint density at radius 3 is 2.42 bits per heavy atom. The van der Waals surface area contributed by atoms with Crippen molar-refractivity contribution < 1.29 is 55.0 Å². The lowest BCUT2D eigenvalue weighted by atomic mass is 9.88. The van der Waals surface area contributed by atoms with Crippen molar-refractivity contribution >= 4 is 50.4 Å². The molecule has 1 aromatic heterocycles. The average molecular weight is 851 g/mol. The zero-order valence-electron chi connectivity index (χ0n) is 34.2. The van der Waals surface area contributed by atoms with Gasteiger partial charge in [-0.25, -0.2) is 13.2 Å². The minimum atomic E-state index is -4.92. The SMILES string of the molecule is COc1ccc2c(O[C@@H]3C[C@H]4C(=O)N[C@]5(C(=O)NS(=O)(=O)C6CC6)C[C@H]5/C=C\CC[C@H](C)C[C@@H](C)[C@H](NC(=O)OC(C)(C)C(F)(F)F)C(=O)N4C3)nc(N(C)C)cc2c1. The number of nitrogens with one attached hydrogen (secondary N) is 3. The van der Waals surface area contributed by atoms with E-state index in [-0.39, 0.29) is 31.2 Å². The van der Waals surface area contributed by atoms with Gasteiger partial charge in [-0.05, 0) is 93.9 Å². The smallest absolute Gasteiger partial charge is 0.427 e. The molecule has 7 atom stereocenters. The number of halogens is 3. The maximum Gasteiger partial charge on any atom is 0.427 e. The number of carbonyl (C=O) groups is 4. The van der Waals surface area contributed by atoms with Gasteiger partial charge in [-0.2, -0.15) is 18.2 Å². The Morgan fingerprint density at radius 2 is 1.78 bits per heavy atom. The van der Waals surface area contributed by atoms with E-state index in [9.17, 15) is 40.8 Å². The van der Waals surface area contributed by atoms with Gasteiger partial charge in [0, 0.05) is 31.8 Å². The first kappa shape index (κ1) is 43.8. The largest absolute Gasteiger partial charge is 0.497 e. The lowest BCUT2D eigenvalue weighted by Gasteiger charge is -2.34. The summed E-state index contributed by atoms with van der Waals surface area (Å²) in [6.07, 6.45) is -1.29. The third kappa shape index (κ3) is 9.49. The maximum absolute atomic E-state index is 14.8. The van der Waals surface area contributed by atoms with Crippen molar-refractivity contribution in [3.05, 3.63) is 36.4 Å². The normalized spacial score (nSPS) is 28.5. The summed E-state index contributed by atoms with van der Waals surface area (Å²) in [5.74, 6) is -2.35. The van der Waals surface area contributed by atoms with E-state index >= 15 is 0 Å². The van der Waals surface area contributed by atoms with E-state index in [4.69, 9.17) is 19.2 Å². The molecule has 2 aliphatic carbocycles. The molecular formula is C40H53F3N6O9S. The fourth-order valence-corrected chi connectivity index (χ4v) is 9.10. The monoisotopic (exact) mass is 850 g/mol. The molecular weight excluding hydrogens is 798 g/mol. The Labute approximate surface area is 341 Å². The Balaban J connectivity index is 1.37. The van der Waals surface area contributed by atoms with Crippen molar-refractivity contribution in [2.24, 2.45) is 17.8 Å². The van der Waals surface area contributed by atoms with Crippen LogP contribution >= 0.6 is 0 Å². The number of hydrogen-bond donors (Lipinski definition) is 3. The predicted octanol–water partition coefficient (Wildman–Crippen LogP) is 4.59. The molecule has 2 aromatic rings. The first-order valence-electron chi connectivity index (χ1n) is 19.8. The molecule has 2 aliphatic heterocycles. The number of carbonyl (C=O) groups excluding carboxylic acids is 4. The third-order valence-corrected chi connectivity index (χ3v) is 13.5. The van der Waals surface area contributed by atoms with Gasteiger partial charge in [0.05, 0.1) is 18.9 Å². The molecule has 1 saturated heterocycles. The van der Waals surface area contributed by atoms with E-state index in [0.717, 1.165) is 5.39 Å². The maximum atomic E-state index is 14.8. The molecule has 2 saturated carbocycles. The number of alkyl halides is 3. The number of rotatable bonds is 9. The van der Waals surface area contributed by atoms with Crippen LogP contribution in [0, 0.1) is 17.8 Å². The van der Waals surface area contributed by atoms with Crippen LogP contribution in [0.3, 0.4) is 0 Å². The summed E-state index contributed by atoms with van der Waals surface area (Å²) in [4.78, 5) is 64.0. The Morgan fingerprint density at radius 1 is 1.07 bits per heavy atom. The molecule has 0 spiro atoms. The van der Waals surface area contributed by atoms with Crippen molar-refractivity contribution in [2.45, 2.75) is 113 Å². The molecule has 0 unspecified atom stereocenters. The van der Waals surface area contributed by atoms with Crippen LogP contribution in [-0.4, -0.2) is 111 Å². The number of hydrogen-bond acceptors (Lipinski definition) is 11. The quantitative estimate of drug-likeness (QED) is 0.300. The highest BCUT2D eigenvalue weighted by Gasteiger charge is 2.62. The fraction of sp³-hybridized carbons (Fsp3) is 0.625.